The number of nitrogens with zero attached hydrogens (tertiary/aromatic N) is 2. The fourth-order valence-electron chi connectivity index (χ4n) is 2.66. The molecule has 106 valence electrons. The second-order valence-electron chi connectivity index (χ2n) is 5.00. The third kappa shape index (κ3) is 3.13. The Balaban J connectivity index is 0.00000161. The molecule has 2 aromatic rings. The summed E-state index contributed by atoms with van der Waals surface area (Å²) < 4.78 is 20.7. The summed E-state index contributed by atoms with van der Waals surface area (Å²) in [7, 11) is 0. The molecule has 0 spiro atoms. The zero-order chi connectivity index (χ0) is 14.1. The van der Waals surface area contributed by atoms with Crippen molar-refractivity contribution in [1.82, 2.24) is 9.55 Å². The zero-order valence-electron chi connectivity index (χ0n) is 11.8. The van der Waals surface area contributed by atoms with Gasteiger partial charge >= 0.3 is 18.9 Å². The molecule has 0 amide bonds. The second kappa shape index (κ2) is 6.61. The van der Waals surface area contributed by atoms with Crippen LogP contribution in [0, 0.1) is 11.7 Å². The normalized spacial score (nSPS) is 15.9. The van der Waals surface area contributed by atoms with E-state index in [1.807, 2.05) is 0 Å². The summed E-state index contributed by atoms with van der Waals surface area (Å²) in [6.45, 7) is 1.73. The van der Waals surface area contributed by atoms with Crippen LogP contribution in [0.2, 0.25) is 0 Å². The number of fused-ring (bicyclic) bond motifs is 1. The third-order valence-electron chi connectivity index (χ3n) is 3.68. The van der Waals surface area contributed by atoms with Crippen molar-refractivity contribution in [1.29, 1.82) is 0 Å². The largest absolute Gasteiger partial charge is 1.00 e. The van der Waals surface area contributed by atoms with Crippen molar-refractivity contribution in [3.63, 3.8) is 0 Å². The summed E-state index contributed by atoms with van der Waals surface area (Å²) in [5, 5.41) is 11.2. The molecule has 0 aliphatic carbocycles. The van der Waals surface area contributed by atoms with Crippen LogP contribution in [0.4, 0.5) is 4.39 Å². The van der Waals surface area contributed by atoms with Crippen molar-refractivity contribution in [2.45, 2.75) is 19.4 Å². The number of rotatable bonds is 3. The Kier molecular flexibility index (Phi) is 5.04. The van der Waals surface area contributed by atoms with Gasteiger partial charge in [0.1, 0.15) is 17.3 Å². The van der Waals surface area contributed by atoms with Gasteiger partial charge in [0, 0.05) is 19.8 Å². The molecule has 1 aliphatic heterocycles. The van der Waals surface area contributed by atoms with Gasteiger partial charge in [-0.15, -0.1) is 0 Å². The summed E-state index contributed by atoms with van der Waals surface area (Å²) in [5.74, 6) is -1.79. The third-order valence-corrected chi connectivity index (χ3v) is 3.68. The smallest absolute Gasteiger partial charge is 0.542 e. The van der Waals surface area contributed by atoms with Crippen molar-refractivity contribution >= 4 is 17.0 Å². The van der Waals surface area contributed by atoms with Gasteiger partial charge in [0.25, 0.3) is 0 Å². The molecule has 1 aromatic heterocycles. The molecular formula is C14H14FLiN2O3. The van der Waals surface area contributed by atoms with Crippen LogP contribution in [0.15, 0.2) is 18.2 Å². The summed E-state index contributed by atoms with van der Waals surface area (Å²) in [6, 6.07) is 4.43. The van der Waals surface area contributed by atoms with Gasteiger partial charge in [-0.25, -0.2) is 9.37 Å². The van der Waals surface area contributed by atoms with E-state index in [9.17, 15) is 14.3 Å². The van der Waals surface area contributed by atoms with Crippen molar-refractivity contribution < 1.29 is 37.9 Å². The standard InChI is InChI=1S/C14H15FN2O3.Li/c15-10-2-1-3-11-12(10)17(13(16-11)14(18)19)8-9-4-6-20-7-5-9;/h1-3,9H,4-8H2,(H,18,19);/q;+1/p-1. The van der Waals surface area contributed by atoms with E-state index in [4.69, 9.17) is 4.74 Å². The molecule has 0 N–H and O–H groups in total. The number of para-hydroxylation sites is 1. The predicted octanol–water partition coefficient (Wildman–Crippen LogP) is -2.03. The number of carboxylic acids is 1. The quantitative estimate of drug-likeness (QED) is 0.610. The average Bonchev–Trinajstić information content (AvgIpc) is 2.80. The number of carbonyl (C=O) groups is 1. The Bertz CT molecular complexity index is 653. The topological polar surface area (TPSA) is 67.2 Å². The van der Waals surface area contributed by atoms with Crippen molar-refractivity contribution in [3.8, 4) is 0 Å². The van der Waals surface area contributed by atoms with E-state index in [0.717, 1.165) is 12.8 Å². The SMILES string of the molecule is O=C([O-])c1nc2cccc(F)c2n1CC1CCOCC1.[Li+]. The van der Waals surface area contributed by atoms with Crippen LogP contribution >= 0.6 is 0 Å². The van der Waals surface area contributed by atoms with Gasteiger partial charge in [0.15, 0.2) is 5.82 Å². The van der Waals surface area contributed by atoms with Gasteiger partial charge in [0.2, 0.25) is 0 Å². The first-order chi connectivity index (χ1) is 9.66. The minimum Gasteiger partial charge on any atom is -0.542 e. The molecule has 1 aliphatic rings. The Morgan fingerprint density at radius 2 is 2.14 bits per heavy atom. The van der Waals surface area contributed by atoms with Gasteiger partial charge in [0.05, 0.1) is 5.52 Å². The van der Waals surface area contributed by atoms with Crippen LogP contribution < -0.4 is 24.0 Å². The number of hydrogen-bond donors (Lipinski definition) is 0. The first-order valence-corrected chi connectivity index (χ1v) is 6.60. The Hall–Kier alpha value is -1.35. The molecule has 0 saturated carbocycles. The maximum absolute atomic E-state index is 14.0. The van der Waals surface area contributed by atoms with Gasteiger partial charge in [-0.3, -0.25) is 0 Å². The molecule has 1 fully saturated rings. The van der Waals surface area contributed by atoms with Crippen LogP contribution in [-0.2, 0) is 11.3 Å². The Labute approximate surface area is 133 Å². The molecule has 0 unspecified atom stereocenters. The Morgan fingerprint density at radius 1 is 1.43 bits per heavy atom. The molecule has 1 saturated heterocycles. The number of aromatic carboxylic acids is 1. The van der Waals surface area contributed by atoms with E-state index in [2.05, 4.69) is 4.98 Å². The van der Waals surface area contributed by atoms with Gasteiger partial charge < -0.3 is 19.2 Å². The second-order valence-corrected chi connectivity index (χ2v) is 5.00. The molecule has 5 nitrogen and oxygen atoms in total. The summed E-state index contributed by atoms with van der Waals surface area (Å²) in [4.78, 5) is 15.2. The zero-order valence-corrected chi connectivity index (χ0v) is 11.8. The fraction of sp³-hybridized carbons (Fsp3) is 0.429. The number of ether oxygens (including phenoxy) is 1. The number of carbonyl (C=O) groups excluding carboxylic acids is 1. The first kappa shape index (κ1) is 16.0. The van der Waals surface area contributed by atoms with E-state index >= 15 is 0 Å². The van der Waals surface area contributed by atoms with E-state index in [0.29, 0.717) is 25.3 Å². The number of hydrogen-bond acceptors (Lipinski definition) is 4. The first-order valence-electron chi connectivity index (χ1n) is 6.60. The molecule has 3 rings (SSSR count). The fourth-order valence-corrected chi connectivity index (χ4v) is 2.66. The maximum atomic E-state index is 14.0. The average molecular weight is 284 g/mol. The number of benzene rings is 1. The molecular weight excluding hydrogens is 270 g/mol. The summed E-state index contributed by atoms with van der Waals surface area (Å²) in [5.41, 5.74) is 0.578. The van der Waals surface area contributed by atoms with Gasteiger partial charge in [-0.1, -0.05) is 6.07 Å². The number of imidazole rings is 1. The van der Waals surface area contributed by atoms with Crippen LogP contribution in [0.3, 0.4) is 0 Å². The molecule has 1 aromatic carbocycles. The minimum atomic E-state index is -1.38. The molecule has 21 heavy (non-hydrogen) atoms. The number of carboxylic acid groups (broad SMARTS) is 1. The van der Waals surface area contributed by atoms with E-state index in [1.165, 1.54) is 16.7 Å². The van der Waals surface area contributed by atoms with Crippen LogP contribution in [0.5, 0.6) is 0 Å². The number of aromatic nitrogens is 2. The van der Waals surface area contributed by atoms with Crippen molar-refractivity contribution in [2.24, 2.45) is 5.92 Å². The molecule has 0 bridgehead atoms. The van der Waals surface area contributed by atoms with Crippen molar-refractivity contribution in [2.75, 3.05) is 13.2 Å². The van der Waals surface area contributed by atoms with E-state index < -0.39 is 11.8 Å². The van der Waals surface area contributed by atoms with E-state index in [1.54, 1.807) is 6.07 Å². The predicted molar refractivity (Wildman–Crippen MR) is 67.6 cm³/mol. The van der Waals surface area contributed by atoms with Gasteiger partial charge in [-0.05, 0) is 30.9 Å². The van der Waals surface area contributed by atoms with Gasteiger partial charge in [-0.2, -0.15) is 0 Å². The number of halogens is 1. The Morgan fingerprint density at radius 3 is 2.81 bits per heavy atom. The molecule has 7 heteroatoms. The van der Waals surface area contributed by atoms with E-state index in [-0.39, 0.29) is 36.1 Å². The monoisotopic (exact) mass is 284 g/mol. The minimum absolute atomic E-state index is 0. The van der Waals surface area contributed by atoms with Crippen LogP contribution in [-0.4, -0.2) is 28.7 Å². The molecule has 0 radical (unpaired) electrons. The summed E-state index contributed by atoms with van der Waals surface area (Å²) >= 11 is 0. The molecule has 2 heterocycles. The van der Waals surface area contributed by atoms with Crippen molar-refractivity contribution in [3.05, 3.63) is 29.8 Å². The maximum Gasteiger partial charge on any atom is 1.00 e. The van der Waals surface area contributed by atoms with Crippen LogP contribution in [0.25, 0.3) is 11.0 Å². The molecule has 0 atom stereocenters. The summed E-state index contributed by atoms with van der Waals surface area (Å²) in [6.07, 6.45) is 1.67. The van der Waals surface area contributed by atoms with Crippen LogP contribution in [0.1, 0.15) is 23.5 Å².